The first kappa shape index (κ1) is 11.5. The summed E-state index contributed by atoms with van der Waals surface area (Å²) >= 11 is 0. The molecule has 1 aromatic carbocycles. The van der Waals surface area contributed by atoms with Gasteiger partial charge in [0.15, 0.2) is 6.10 Å². The number of hydrogen-bond acceptors (Lipinski definition) is 3. The van der Waals surface area contributed by atoms with Gasteiger partial charge in [-0.05, 0) is 50.4 Å². The predicted molar refractivity (Wildman–Crippen MR) is 69.9 cm³/mol. The zero-order valence-electron chi connectivity index (χ0n) is 10.5. The van der Waals surface area contributed by atoms with Gasteiger partial charge >= 0.3 is 0 Å². The van der Waals surface area contributed by atoms with Crippen LogP contribution in [-0.2, 0) is 11.2 Å². The molecule has 4 heteroatoms. The van der Waals surface area contributed by atoms with Crippen molar-refractivity contribution in [3.63, 3.8) is 0 Å². The van der Waals surface area contributed by atoms with E-state index in [1.807, 2.05) is 12.1 Å². The van der Waals surface area contributed by atoms with Crippen molar-refractivity contribution >= 4 is 11.6 Å². The lowest BCUT2D eigenvalue weighted by Crippen LogP contribution is -2.34. The van der Waals surface area contributed by atoms with Crippen molar-refractivity contribution < 1.29 is 9.53 Å². The number of benzene rings is 1. The summed E-state index contributed by atoms with van der Waals surface area (Å²) in [6.45, 7) is 2.75. The molecule has 4 nitrogen and oxygen atoms in total. The molecule has 0 radical (unpaired) electrons. The van der Waals surface area contributed by atoms with Crippen molar-refractivity contribution in [1.29, 1.82) is 0 Å². The van der Waals surface area contributed by atoms with Crippen LogP contribution in [0.1, 0.15) is 25.3 Å². The average molecular weight is 246 g/mol. The minimum absolute atomic E-state index is 0.0734. The van der Waals surface area contributed by atoms with E-state index in [4.69, 9.17) is 4.74 Å². The highest BCUT2D eigenvalue weighted by Gasteiger charge is 2.23. The topological polar surface area (TPSA) is 50.4 Å². The van der Waals surface area contributed by atoms with Gasteiger partial charge in [-0.1, -0.05) is 6.07 Å². The molecule has 1 heterocycles. The fraction of sp³-hybridized carbons (Fsp3) is 0.500. The molecular formula is C14H18N2O2. The number of anilines is 1. The van der Waals surface area contributed by atoms with Crippen molar-refractivity contribution in [1.82, 2.24) is 5.32 Å². The van der Waals surface area contributed by atoms with E-state index >= 15 is 0 Å². The minimum Gasteiger partial charge on any atom is -0.479 e. The summed E-state index contributed by atoms with van der Waals surface area (Å²) in [6.07, 6.45) is 3.20. The van der Waals surface area contributed by atoms with E-state index in [2.05, 4.69) is 16.7 Å². The van der Waals surface area contributed by atoms with Gasteiger partial charge in [-0.15, -0.1) is 0 Å². The summed E-state index contributed by atoms with van der Waals surface area (Å²) in [5.74, 6) is 0.691. The number of carbonyl (C=O) groups is 1. The molecule has 2 N–H and O–H groups in total. The third-order valence-electron chi connectivity index (χ3n) is 3.40. The number of rotatable bonds is 4. The van der Waals surface area contributed by atoms with Gasteiger partial charge in [0, 0.05) is 6.04 Å². The lowest BCUT2D eigenvalue weighted by molar-refractivity contribution is -0.122. The van der Waals surface area contributed by atoms with Gasteiger partial charge in [-0.3, -0.25) is 4.79 Å². The van der Waals surface area contributed by atoms with E-state index < -0.39 is 6.10 Å². The largest absolute Gasteiger partial charge is 0.479 e. The molecule has 18 heavy (non-hydrogen) atoms. The maximum Gasteiger partial charge on any atom is 0.265 e. The monoisotopic (exact) mass is 246 g/mol. The van der Waals surface area contributed by atoms with E-state index in [0.717, 1.165) is 30.4 Å². The summed E-state index contributed by atoms with van der Waals surface area (Å²) in [5.41, 5.74) is 2.02. The molecule has 1 aliphatic heterocycles. The van der Waals surface area contributed by atoms with E-state index in [1.165, 1.54) is 18.4 Å². The molecule has 1 saturated carbocycles. The molecule has 0 aromatic heterocycles. The zero-order valence-corrected chi connectivity index (χ0v) is 10.5. The Hall–Kier alpha value is -1.55. The summed E-state index contributed by atoms with van der Waals surface area (Å²) in [5, 5.41) is 6.36. The van der Waals surface area contributed by atoms with Crippen molar-refractivity contribution in [2.24, 2.45) is 0 Å². The van der Waals surface area contributed by atoms with Crippen LogP contribution in [0.3, 0.4) is 0 Å². The Bertz CT molecular complexity index is 469. The average Bonchev–Trinajstić information content (AvgIpc) is 3.15. The van der Waals surface area contributed by atoms with Crippen LogP contribution in [0, 0.1) is 0 Å². The molecule has 1 aromatic rings. The van der Waals surface area contributed by atoms with E-state index in [1.54, 1.807) is 6.92 Å². The van der Waals surface area contributed by atoms with Gasteiger partial charge < -0.3 is 15.4 Å². The Morgan fingerprint density at radius 1 is 1.44 bits per heavy atom. The SMILES string of the molecule is CC1Oc2ccc(CCNC3CC3)cc2NC1=O. The number of ether oxygens (including phenoxy) is 1. The third-order valence-corrected chi connectivity index (χ3v) is 3.40. The number of nitrogens with one attached hydrogen (secondary N) is 2. The lowest BCUT2D eigenvalue weighted by atomic mass is 10.1. The second-order valence-electron chi connectivity index (χ2n) is 5.06. The molecule has 0 saturated heterocycles. The lowest BCUT2D eigenvalue weighted by Gasteiger charge is -2.23. The summed E-state index contributed by atoms with van der Waals surface area (Å²) in [6, 6.07) is 6.76. The van der Waals surface area contributed by atoms with E-state index in [9.17, 15) is 4.79 Å². The van der Waals surface area contributed by atoms with Crippen LogP contribution in [0.4, 0.5) is 5.69 Å². The maximum atomic E-state index is 11.5. The highest BCUT2D eigenvalue weighted by Crippen LogP contribution is 2.30. The molecule has 1 fully saturated rings. The first-order valence-electron chi connectivity index (χ1n) is 6.56. The first-order valence-corrected chi connectivity index (χ1v) is 6.56. The Balaban J connectivity index is 1.66. The van der Waals surface area contributed by atoms with Crippen molar-refractivity contribution in [3.8, 4) is 5.75 Å². The van der Waals surface area contributed by atoms with E-state index in [-0.39, 0.29) is 5.91 Å². The van der Waals surface area contributed by atoms with Gasteiger partial charge in [0.1, 0.15) is 5.75 Å². The number of amides is 1. The van der Waals surface area contributed by atoms with Gasteiger partial charge in [0.25, 0.3) is 5.91 Å². The predicted octanol–water partition coefficient (Wildman–Crippen LogP) is 1.70. The van der Waals surface area contributed by atoms with Crippen LogP contribution in [0.15, 0.2) is 18.2 Å². The first-order chi connectivity index (χ1) is 8.72. The fourth-order valence-corrected chi connectivity index (χ4v) is 2.12. The van der Waals surface area contributed by atoms with Crippen LogP contribution in [0.2, 0.25) is 0 Å². The quantitative estimate of drug-likeness (QED) is 0.850. The van der Waals surface area contributed by atoms with Gasteiger partial charge in [0.05, 0.1) is 5.69 Å². The molecule has 3 rings (SSSR count). The molecule has 1 unspecified atom stereocenters. The molecule has 1 amide bonds. The van der Waals surface area contributed by atoms with Gasteiger partial charge in [-0.25, -0.2) is 0 Å². The molecule has 0 bridgehead atoms. The van der Waals surface area contributed by atoms with Crippen molar-refractivity contribution in [3.05, 3.63) is 23.8 Å². The summed E-state index contributed by atoms with van der Waals surface area (Å²) in [4.78, 5) is 11.5. The van der Waals surface area contributed by atoms with E-state index in [0.29, 0.717) is 0 Å². The zero-order chi connectivity index (χ0) is 12.5. The smallest absolute Gasteiger partial charge is 0.265 e. The molecule has 96 valence electrons. The Labute approximate surface area is 107 Å². The van der Waals surface area contributed by atoms with Crippen LogP contribution in [0.5, 0.6) is 5.75 Å². The fourth-order valence-electron chi connectivity index (χ4n) is 2.12. The van der Waals surface area contributed by atoms with Crippen LogP contribution in [0.25, 0.3) is 0 Å². The Morgan fingerprint density at radius 3 is 3.06 bits per heavy atom. The highest BCUT2D eigenvalue weighted by molar-refractivity contribution is 5.97. The molecular weight excluding hydrogens is 228 g/mol. The number of carbonyl (C=O) groups excluding carboxylic acids is 1. The van der Waals surface area contributed by atoms with Crippen LogP contribution in [-0.4, -0.2) is 24.6 Å². The molecule has 1 atom stereocenters. The third kappa shape index (κ3) is 2.48. The molecule has 2 aliphatic rings. The Kier molecular flexibility index (Phi) is 2.96. The Morgan fingerprint density at radius 2 is 2.28 bits per heavy atom. The van der Waals surface area contributed by atoms with Crippen molar-refractivity contribution in [2.75, 3.05) is 11.9 Å². The minimum atomic E-state index is -0.403. The second kappa shape index (κ2) is 4.61. The van der Waals surface area contributed by atoms with Gasteiger partial charge in [-0.2, -0.15) is 0 Å². The van der Waals surface area contributed by atoms with Gasteiger partial charge in [0.2, 0.25) is 0 Å². The van der Waals surface area contributed by atoms with Crippen molar-refractivity contribution in [2.45, 2.75) is 38.3 Å². The standard InChI is InChI=1S/C14H18N2O2/c1-9-14(17)16-12-8-10(2-5-13(12)18-9)6-7-15-11-3-4-11/h2,5,8-9,11,15H,3-4,6-7H2,1H3,(H,16,17). The molecule has 1 aliphatic carbocycles. The number of fused-ring (bicyclic) bond motifs is 1. The van der Waals surface area contributed by atoms with Crippen LogP contribution >= 0.6 is 0 Å². The normalized spacial score (nSPS) is 22.1. The maximum absolute atomic E-state index is 11.5. The summed E-state index contributed by atoms with van der Waals surface area (Å²) in [7, 11) is 0. The highest BCUT2D eigenvalue weighted by atomic mass is 16.5. The second-order valence-corrected chi connectivity index (χ2v) is 5.06. The number of hydrogen-bond donors (Lipinski definition) is 2. The van der Waals surface area contributed by atoms with Crippen LogP contribution < -0.4 is 15.4 Å². The molecule has 0 spiro atoms. The summed E-state index contributed by atoms with van der Waals surface area (Å²) < 4.78 is 5.52.